The second kappa shape index (κ2) is 7.50. The summed E-state index contributed by atoms with van der Waals surface area (Å²) < 4.78 is 1.06. The molecule has 0 aliphatic carbocycles. The van der Waals surface area contributed by atoms with Gasteiger partial charge < -0.3 is 0 Å². The number of hydrazone groups is 1. The van der Waals surface area contributed by atoms with E-state index in [0.29, 0.717) is 0 Å². The van der Waals surface area contributed by atoms with Gasteiger partial charge in [-0.3, -0.25) is 5.43 Å². The van der Waals surface area contributed by atoms with E-state index in [4.69, 9.17) is 0 Å². The lowest BCUT2D eigenvalue weighted by atomic mass is 9.86. The van der Waals surface area contributed by atoms with Crippen LogP contribution in [0.15, 0.2) is 63.5 Å². The van der Waals surface area contributed by atoms with Gasteiger partial charge >= 0.3 is 0 Å². The van der Waals surface area contributed by atoms with Crippen LogP contribution in [0.1, 0.15) is 31.9 Å². The highest BCUT2D eigenvalue weighted by Crippen LogP contribution is 2.28. The largest absolute Gasteiger partial charge is 0.253 e. The number of thiazole rings is 1. The molecule has 0 spiro atoms. The molecule has 0 aliphatic rings. The van der Waals surface area contributed by atoms with Gasteiger partial charge in [-0.25, -0.2) is 4.98 Å². The minimum absolute atomic E-state index is 0.162. The van der Waals surface area contributed by atoms with E-state index in [1.54, 1.807) is 17.6 Å². The molecule has 5 heteroatoms. The molecule has 3 aromatic rings. The summed E-state index contributed by atoms with van der Waals surface area (Å²) in [5.74, 6) is 0. The zero-order chi connectivity index (χ0) is 17.9. The number of nitrogens with one attached hydrogen (secondary N) is 1. The first kappa shape index (κ1) is 17.8. The average Bonchev–Trinajstić information content (AvgIpc) is 3.05. The smallest absolute Gasteiger partial charge is 0.203 e. The zero-order valence-corrected chi connectivity index (χ0v) is 16.9. The van der Waals surface area contributed by atoms with Crippen molar-refractivity contribution >= 4 is 38.6 Å². The first-order valence-corrected chi connectivity index (χ1v) is 9.70. The van der Waals surface area contributed by atoms with Crippen molar-refractivity contribution in [1.82, 2.24) is 4.98 Å². The topological polar surface area (TPSA) is 37.3 Å². The third-order valence-electron chi connectivity index (χ3n) is 3.79. The molecule has 1 N–H and O–H groups in total. The number of hydrogen-bond donors (Lipinski definition) is 1. The third-order valence-corrected chi connectivity index (χ3v) is 5.07. The maximum atomic E-state index is 4.60. The highest BCUT2D eigenvalue weighted by Gasteiger charge is 2.13. The fourth-order valence-electron chi connectivity index (χ4n) is 2.31. The molecular formula is C20H20BrN3S. The lowest BCUT2D eigenvalue weighted by Crippen LogP contribution is -2.10. The van der Waals surface area contributed by atoms with Gasteiger partial charge in [0.05, 0.1) is 11.9 Å². The number of aromatic nitrogens is 1. The van der Waals surface area contributed by atoms with Gasteiger partial charge in [0.15, 0.2) is 0 Å². The van der Waals surface area contributed by atoms with E-state index in [0.717, 1.165) is 26.4 Å². The van der Waals surface area contributed by atoms with Gasteiger partial charge in [0.1, 0.15) is 0 Å². The van der Waals surface area contributed by atoms with Gasteiger partial charge in [0.25, 0.3) is 0 Å². The Labute approximate surface area is 161 Å². The summed E-state index contributed by atoms with van der Waals surface area (Å²) in [7, 11) is 0. The van der Waals surface area contributed by atoms with Crippen molar-refractivity contribution < 1.29 is 0 Å². The fraction of sp³-hybridized carbons (Fsp3) is 0.200. The molecule has 3 nitrogen and oxygen atoms in total. The van der Waals surface area contributed by atoms with E-state index in [1.807, 2.05) is 29.6 Å². The molecule has 0 atom stereocenters. The van der Waals surface area contributed by atoms with Crippen molar-refractivity contribution in [3.8, 4) is 11.3 Å². The van der Waals surface area contributed by atoms with E-state index < -0.39 is 0 Å². The Morgan fingerprint density at radius 3 is 2.36 bits per heavy atom. The molecule has 128 valence electrons. The standard InChI is InChI=1S/C20H20BrN3S/c1-20(2,3)16-8-6-15(7-9-16)18-13-25-19(23-18)24-22-12-14-4-10-17(21)11-5-14/h4-13H,1-3H3,(H,23,24)/b22-12+. The Morgan fingerprint density at radius 1 is 1.04 bits per heavy atom. The summed E-state index contributed by atoms with van der Waals surface area (Å²) >= 11 is 4.97. The number of rotatable bonds is 4. The predicted molar refractivity (Wildman–Crippen MR) is 112 cm³/mol. The fourth-order valence-corrected chi connectivity index (χ4v) is 3.24. The van der Waals surface area contributed by atoms with E-state index in [9.17, 15) is 0 Å². The molecule has 0 amide bonds. The van der Waals surface area contributed by atoms with Crippen LogP contribution in [0.25, 0.3) is 11.3 Å². The van der Waals surface area contributed by atoms with Crippen LogP contribution in [0.3, 0.4) is 0 Å². The van der Waals surface area contributed by atoms with Crippen LogP contribution in [0.5, 0.6) is 0 Å². The summed E-state index contributed by atoms with van der Waals surface area (Å²) in [5, 5.41) is 7.08. The van der Waals surface area contributed by atoms with Crippen LogP contribution in [0, 0.1) is 0 Å². The molecule has 0 unspecified atom stereocenters. The summed E-state index contributed by atoms with van der Waals surface area (Å²) in [5.41, 5.74) is 7.60. The number of halogens is 1. The number of nitrogens with zero attached hydrogens (tertiary/aromatic N) is 2. The van der Waals surface area contributed by atoms with Gasteiger partial charge in [-0.2, -0.15) is 5.10 Å². The molecule has 0 bridgehead atoms. The zero-order valence-electron chi connectivity index (χ0n) is 14.5. The molecule has 1 aromatic heterocycles. The van der Waals surface area contributed by atoms with Crippen LogP contribution in [0.4, 0.5) is 5.13 Å². The van der Waals surface area contributed by atoms with Crippen LogP contribution in [-0.4, -0.2) is 11.2 Å². The first-order chi connectivity index (χ1) is 11.9. The van der Waals surface area contributed by atoms with Crippen LogP contribution >= 0.6 is 27.3 Å². The Bertz CT molecular complexity index is 859. The maximum absolute atomic E-state index is 4.60. The highest BCUT2D eigenvalue weighted by molar-refractivity contribution is 9.10. The van der Waals surface area contributed by atoms with Crippen LogP contribution < -0.4 is 5.43 Å². The molecule has 0 radical (unpaired) electrons. The summed E-state index contributed by atoms with van der Waals surface area (Å²) in [6.07, 6.45) is 1.78. The van der Waals surface area contributed by atoms with E-state index in [-0.39, 0.29) is 5.41 Å². The Balaban J connectivity index is 1.67. The van der Waals surface area contributed by atoms with E-state index in [1.165, 1.54) is 5.56 Å². The molecule has 1 heterocycles. The van der Waals surface area contributed by atoms with Crippen molar-refractivity contribution in [3.63, 3.8) is 0 Å². The number of hydrogen-bond acceptors (Lipinski definition) is 4. The maximum Gasteiger partial charge on any atom is 0.203 e. The number of anilines is 1. The Morgan fingerprint density at radius 2 is 1.72 bits per heavy atom. The predicted octanol–water partition coefficient (Wildman–Crippen LogP) is 6.32. The highest BCUT2D eigenvalue weighted by atomic mass is 79.9. The molecule has 0 aliphatic heterocycles. The lowest BCUT2D eigenvalue weighted by Gasteiger charge is -2.18. The number of benzene rings is 2. The first-order valence-electron chi connectivity index (χ1n) is 8.03. The van der Waals surface area contributed by atoms with Crippen molar-refractivity contribution in [2.24, 2.45) is 5.10 Å². The second-order valence-electron chi connectivity index (χ2n) is 6.79. The van der Waals surface area contributed by atoms with Gasteiger partial charge in [-0.1, -0.05) is 73.1 Å². The second-order valence-corrected chi connectivity index (χ2v) is 8.56. The van der Waals surface area contributed by atoms with Gasteiger partial charge in [0, 0.05) is 15.4 Å². The quantitative estimate of drug-likeness (QED) is 0.401. The van der Waals surface area contributed by atoms with Crippen LogP contribution in [0.2, 0.25) is 0 Å². The average molecular weight is 414 g/mol. The lowest BCUT2D eigenvalue weighted by molar-refractivity contribution is 0.590. The normalized spacial score (nSPS) is 11.8. The molecule has 25 heavy (non-hydrogen) atoms. The van der Waals surface area contributed by atoms with E-state index >= 15 is 0 Å². The summed E-state index contributed by atoms with van der Waals surface area (Å²) in [6, 6.07) is 16.6. The third kappa shape index (κ3) is 4.77. The molecule has 0 saturated heterocycles. The van der Waals surface area contributed by atoms with Gasteiger partial charge in [-0.05, 0) is 28.7 Å². The molecule has 2 aromatic carbocycles. The molecule has 0 fully saturated rings. The van der Waals surface area contributed by atoms with Crippen molar-refractivity contribution in [3.05, 3.63) is 69.5 Å². The molecule has 0 saturated carbocycles. The molecule has 3 rings (SSSR count). The van der Waals surface area contributed by atoms with Crippen molar-refractivity contribution in [2.75, 3.05) is 5.43 Å². The van der Waals surface area contributed by atoms with Gasteiger partial charge in [0.2, 0.25) is 5.13 Å². The minimum Gasteiger partial charge on any atom is -0.253 e. The SMILES string of the molecule is CC(C)(C)c1ccc(-c2csc(N/N=C/c3ccc(Br)cc3)n2)cc1. The van der Waals surface area contributed by atoms with Crippen LogP contribution in [-0.2, 0) is 5.41 Å². The minimum atomic E-state index is 0.162. The van der Waals surface area contributed by atoms with Gasteiger partial charge in [-0.15, -0.1) is 11.3 Å². The summed E-state index contributed by atoms with van der Waals surface area (Å²) in [4.78, 5) is 4.60. The molecular weight excluding hydrogens is 394 g/mol. The van der Waals surface area contributed by atoms with Crippen molar-refractivity contribution in [1.29, 1.82) is 0 Å². The Kier molecular flexibility index (Phi) is 5.35. The van der Waals surface area contributed by atoms with E-state index in [2.05, 4.69) is 76.5 Å². The monoisotopic (exact) mass is 413 g/mol. The van der Waals surface area contributed by atoms with Crippen molar-refractivity contribution in [2.45, 2.75) is 26.2 Å². The summed E-state index contributed by atoms with van der Waals surface area (Å²) in [6.45, 7) is 6.66. The Hall–Kier alpha value is -1.98.